The molecule has 0 saturated heterocycles. The molecule has 3 nitrogen and oxygen atoms in total. The summed E-state index contributed by atoms with van der Waals surface area (Å²) in [7, 11) is 1.98. The quantitative estimate of drug-likeness (QED) is 0.824. The Bertz CT molecular complexity index is 661. The van der Waals surface area contributed by atoms with Crippen molar-refractivity contribution in [2.24, 2.45) is 0 Å². The Labute approximate surface area is 147 Å². The highest BCUT2D eigenvalue weighted by atomic mass is 35.5. The molecular formula is C18H21Cl2N2O+. The van der Waals surface area contributed by atoms with Gasteiger partial charge in [-0.3, -0.25) is 4.79 Å². The number of quaternary nitrogens is 1. The minimum atomic E-state index is -0.176. The molecular weight excluding hydrogens is 331 g/mol. The van der Waals surface area contributed by atoms with Crippen LogP contribution in [0.2, 0.25) is 10.0 Å². The van der Waals surface area contributed by atoms with Crippen molar-refractivity contribution in [2.45, 2.75) is 26.1 Å². The van der Waals surface area contributed by atoms with Crippen LogP contribution in [-0.2, 0) is 17.9 Å². The lowest BCUT2D eigenvalue weighted by Crippen LogP contribution is -3.12. The molecule has 0 aromatic heterocycles. The second kappa shape index (κ2) is 8.34. The zero-order valence-corrected chi connectivity index (χ0v) is 14.8. The van der Waals surface area contributed by atoms with Gasteiger partial charge < -0.3 is 10.2 Å². The number of carbonyl (C=O) groups excluding carboxylic acids is 1. The first-order chi connectivity index (χ1) is 11.0. The third-order valence-electron chi connectivity index (χ3n) is 3.93. The third-order valence-corrected chi connectivity index (χ3v) is 4.51. The maximum absolute atomic E-state index is 12.3. The van der Waals surface area contributed by atoms with E-state index in [9.17, 15) is 4.79 Å². The molecule has 0 bridgehead atoms. The second-order valence-electron chi connectivity index (χ2n) is 5.68. The fraction of sp³-hybridized carbons (Fsp3) is 0.278. The largest absolute Gasteiger partial charge is 0.347 e. The van der Waals surface area contributed by atoms with Crippen molar-refractivity contribution in [3.63, 3.8) is 0 Å². The Kier molecular flexibility index (Phi) is 6.46. The molecule has 2 aromatic rings. The molecule has 2 atom stereocenters. The first-order valence-electron chi connectivity index (χ1n) is 7.55. The van der Waals surface area contributed by atoms with Gasteiger partial charge in [0.25, 0.3) is 5.91 Å². The molecule has 2 N–H and O–H groups in total. The summed E-state index contributed by atoms with van der Waals surface area (Å²) < 4.78 is 0. The molecule has 2 aromatic carbocycles. The molecule has 23 heavy (non-hydrogen) atoms. The van der Waals surface area contributed by atoms with E-state index in [1.165, 1.54) is 0 Å². The van der Waals surface area contributed by atoms with E-state index >= 15 is 0 Å². The highest BCUT2D eigenvalue weighted by Gasteiger charge is 2.22. The highest BCUT2D eigenvalue weighted by molar-refractivity contribution is 6.35. The lowest BCUT2D eigenvalue weighted by molar-refractivity contribution is -0.908. The Morgan fingerprint density at radius 2 is 1.87 bits per heavy atom. The van der Waals surface area contributed by atoms with Gasteiger partial charge in [-0.25, -0.2) is 0 Å². The third kappa shape index (κ3) is 5.24. The predicted molar refractivity (Wildman–Crippen MR) is 94.8 cm³/mol. The van der Waals surface area contributed by atoms with Gasteiger partial charge in [-0.05, 0) is 24.6 Å². The first kappa shape index (κ1) is 17.8. The van der Waals surface area contributed by atoms with E-state index in [0.717, 1.165) is 16.0 Å². The van der Waals surface area contributed by atoms with Gasteiger partial charge in [-0.1, -0.05) is 59.6 Å². The van der Waals surface area contributed by atoms with Crippen molar-refractivity contribution >= 4 is 29.1 Å². The number of benzene rings is 2. The summed E-state index contributed by atoms with van der Waals surface area (Å²) in [4.78, 5) is 13.4. The molecule has 0 aliphatic rings. The van der Waals surface area contributed by atoms with Crippen LogP contribution in [-0.4, -0.2) is 19.0 Å². The lowest BCUT2D eigenvalue weighted by atomic mass is 10.1. The first-order valence-corrected chi connectivity index (χ1v) is 8.31. The Hall–Kier alpha value is -1.55. The number of hydrogen-bond donors (Lipinski definition) is 2. The number of carbonyl (C=O) groups is 1. The lowest BCUT2D eigenvalue weighted by Gasteiger charge is -2.21. The molecule has 1 amide bonds. The normalized spacial score (nSPS) is 13.4. The summed E-state index contributed by atoms with van der Waals surface area (Å²) in [6.45, 7) is 3.12. The van der Waals surface area contributed by atoms with Crippen molar-refractivity contribution in [3.8, 4) is 0 Å². The summed E-state index contributed by atoms with van der Waals surface area (Å²) in [5.41, 5.74) is 2.07. The van der Waals surface area contributed by atoms with Crippen molar-refractivity contribution in [1.82, 2.24) is 5.32 Å². The van der Waals surface area contributed by atoms with Crippen LogP contribution >= 0.6 is 23.2 Å². The van der Waals surface area contributed by atoms with Crippen LogP contribution in [0.3, 0.4) is 0 Å². The van der Waals surface area contributed by atoms with Crippen molar-refractivity contribution < 1.29 is 9.69 Å². The average Bonchev–Trinajstić information content (AvgIpc) is 2.55. The number of halogens is 2. The fourth-order valence-electron chi connectivity index (χ4n) is 2.28. The summed E-state index contributed by atoms with van der Waals surface area (Å²) in [6, 6.07) is 15.2. The Morgan fingerprint density at radius 3 is 2.52 bits per heavy atom. The maximum Gasteiger partial charge on any atom is 0.278 e. The fourth-order valence-corrected chi connectivity index (χ4v) is 2.76. The van der Waals surface area contributed by atoms with Gasteiger partial charge in [-0.2, -0.15) is 0 Å². The predicted octanol–water partition coefficient (Wildman–Crippen LogP) is 2.71. The van der Waals surface area contributed by atoms with Crippen molar-refractivity contribution in [2.75, 3.05) is 7.05 Å². The van der Waals surface area contributed by atoms with Crippen LogP contribution < -0.4 is 10.2 Å². The smallest absolute Gasteiger partial charge is 0.278 e. The molecule has 2 rings (SSSR count). The number of nitrogens with one attached hydrogen (secondary N) is 2. The molecule has 5 heteroatoms. The number of rotatable bonds is 6. The van der Waals surface area contributed by atoms with E-state index in [2.05, 4.69) is 5.32 Å². The number of amides is 1. The number of hydrogen-bond acceptors (Lipinski definition) is 1. The van der Waals surface area contributed by atoms with Gasteiger partial charge in [0, 0.05) is 17.1 Å². The molecule has 1 unspecified atom stereocenters. The van der Waals surface area contributed by atoms with Crippen LogP contribution in [0.15, 0.2) is 48.5 Å². The second-order valence-corrected chi connectivity index (χ2v) is 6.53. The van der Waals surface area contributed by atoms with E-state index in [4.69, 9.17) is 23.2 Å². The Balaban J connectivity index is 1.90. The van der Waals surface area contributed by atoms with E-state index in [-0.39, 0.29) is 11.9 Å². The minimum Gasteiger partial charge on any atom is -0.347 e. The topological polar surface area (TPSA) is 33.5 Å². The summed E-state index contributed by atoms with van der Waals surface area (Å²) in [5, 5.41) is 4.22. The maximum atomic E-state index is 12.3. The van der Waals surface area contributed by atoms with Gasteiger partial charge in [0.15, 0.2) is 6.04 Å². The van der Waals surface area contributed by atoms with Gasteiger partial charge in [-0.15, -0.1) is 0 Å². The molecule has 0 aliphatic carbocycles. The minimum absolute atomic E-state index is 0.0245. The van der Waals surface area contributed by atoms with Crippen LogP contribution in [0.25, 0.3) is 0 Å². The molecule has 0 fully saturated rings. The molecule has 0 spiro atoms. The van der Waals surface area contributed by atoms with E-state index in [0.29, 0.717) is 23.1 Å². The van der Waals surface area contributed by atoms with Crippen molar-refractivity contribution in [3.05, 3.63) is 69.7 Å². The SMILES string of the molecule is C[C@@H](C(=O)NCc1ccccc1)[NH+](C)Cc1ccc(Cl)cc1Cl. The van der Waals surface area contributed by atoms with Gasteiger partial charge in [0.05, 0.1) is 12.1 Å². The van der Waals surface area contributed by atoms with E-state index in [1.807, 2.05) is 56.4 Å². The summed E-state index contributed by atoms with van der Waals surface area (Å²) in [5.74, 6) is 0.0245. The summed E-state index contributed by atoms with van der Waals surface area (Å²) in [6.07, 6.45) is 0. The van der Waals surface area contributed by atoms with Gasteiger partial charge in [0.2, 0.25) is 0 Å². The zero-order valence-electron chi connectivity index (χ0n) is 13.3. The number of likely N-dealkylation sites (N-methyl/N-ethyl adjacent to an activating group) is 1. The van der Waals surface area contributed by atoms with E-state index < -0.39 is 0 Å². The molecule has 0 heterocycles. The van der Waals surface area contributed by atoms with E-state index in [1.54, 1.807) is 6.07 Å². The van der Waals surface area contributed by atoms with Gasteiger partial charge in [0.1, 0.15) is 6.54 Å². The van der Waals surface area contributed by atoms with Crippen LogP contribution in [0.1, 0.15) is 18.1 Å². The zero-order chi connectivity index (χ0) is 16.8. The summed E-state index contributed by atoms with van der Waals surface area (Å²) >= 11 is 12.1. The molecule has 0 radical (unpaired) electrons. The molecule has 0 aliphatic heterocycles. The average molecular weight is 352 g/mol. The Morgan fingerprint density at radius 1 is 1.17 bits per heavy atom. The van der Waals surface area contributed by atoms with Crippen LogP contribution in [0, 0.1) is 0 Å². The molecule has 0 saturated carbocycles. The standard InChI is InChI=1S/C18H20Cl2N2O/c1-13(18(23)21-11-14-6-4-3-5-7-14)22(2)12-15-8-9-16(19)10-17(15)20/h3-10,13H,11-12H2,1-2H3,(H,21,23)/p+1/t13-/m0/s1. The van der Waals surface area contributed by atoms with Crippen molar-refractivity contribution in [1.29, 1.82) is 0 Å². The molecule has 122 valence electrons. The monoisotopic (exact) mass is 351 g/mol. The van der Waals surface area contributed by atoms with Crippen LogP contribution in [0.5, 0.6) is 0 Å². The van der Waals surface area contributed by atoms with Crippen LogP contribution in [0.4, 0.5) is 0 Å². The highest BCUT2D eigenvalue weighted by Crippen LogP contribution is 2.20. The van der Waals surface area contributed by atoms with Gasteiger partial charge >= 0.3 is 0 Å².